The zero-order valence-electron chi connectivity index (χ0n) is 17.5. The summed E-state index contributed by atoms with van der Waals surface area (Å²) in [5.74, 6) is 0.984. The highest BCUT2D eigenvalue weighted by atomic mass is 16.6. The molecule has 0 atom stereocenters. The molecule has 0 saturated heterocycles. The fourth-order valence-electron chi connectivity index (χ4n) is 3.47. The first-order valence-electron chi connectivity index (χ1n) is 10.0. The second kappa shape index (κ2) is 9.49. The predicted octanol–water partition coefficient (Wildman–Crippen LogP) is 3.80. The number of hydrogen-bond acceptors (Lipinski definition) is 6. The van der Waals surface area contributed by atoms with Crippen molar-refractivity contribution in [3.05, 3.63) is 64.0 Å². The topological polar surface area (TPSA) is 90.5 Å². The standard InChI is InChI=1S/C22H26N4O4/c1-4-24(5-2)12-13-25-21-11-8-18(26(28)29)15-20(21)23-22(25)14-17-6-9-19(10-7-17)30-16(3)27/h6-11,15H,4-5,12-14H2,1-3H3. The van der Waals surface area contributed by atoms with Gasteiger partial charge in [0, 0.05) is 38.6 Å². The Morgan fingerprint density at radius 2 is 1.87 bits per heavy atom. The monoisotopic (exact) mass is 410 g/mol. The smallest absolute Gasteiger partial charge is 0.308 e. The molecule has 30 heavy (non-hydrogen) atoms. The number of benzene rings is 2. The normalized spacial score (nSPS) is 11.2. The maximum absolute atomic E-state index is 11.2. The Labute approximate surface area is 175 Å². The Morgan fingerprint density at radius 3 is 2.47 bits per heavy atom. The molecule has 8 nitrogen and oxygen atoms in total. The lowest BCUT2D eigenvalue weighted by atomic mass is 10.1. The average Bonchev–Trinajstić information content (AvgIpc) is 3.06. The molecule has 0 aliphatic carbocycles. The quantitative estimate of drug-likeness (QED) is 0.231. The van der Waals surface area contributed by atoms with Gasteiger partial charge in [0.05, 0.1) is 16.0 Å². The van der Waals surface area contributed by atoms with Gasteiger partial charge in [0.1, 0.15) is 11.6 Å². The van der Waals surface area contributed by atoms with Crippen molar-refractivity contribution in [1.29, 1.82) is 0 Å². The second-order valence-electron chi connectivity index (χ2n) is 7.05. The van der Waals surface area contributed by atoms with Crippen molar-refractivity contribution in [3.8, 4) is 5.75 Å². The molecular weight excluding hydrogens is 384 g/mol. The van der Waals surface area contributed by atoms with Gasteiger partial charge in [-0.25, -0.2) is 4.98 Å². The van der Waals surface area contributed by atoms with E-state index in [1.165, 1.54) is 19.1 Å². The molecule has 0 fully saturated rings. The van der Waals surface area contributed by atoms with Crippen molar-refractivity contribution >= 4 is 22.7 Å². The van der Waals surface area contributed by atoms with Crippen LogP contribution in [0.4, 0.5) is 5.69 Å². The Hall–Kier alpha value is -3.26. The fourth-order valence-corrected chi connectivity index (χ4v) is 3.47. The van der Waals surface area contributed by atoms with Crippen molar-refractivity contribution in [2.45, 2.75) is 33.7 Å². The van der Waals surface area contributed by atoms with Crippen LogP contribution in [0.2, 0.25) is 0 Å². The molecule has 0 saturated carbocycles. The maximum Gasteiger partial charge on any atom is 0.308 e. The SMILES string of the molecule is CCN(CC)CCn1c(Cc2ccc(OC(C)=O)cc2)nc2cc([N+](=O)[O-])ccc21. The Morgan fingerprint density at radius 1 is 1.17 bits per heavy atom. The first-order valence-corrected chi connectivity index (χ1v) is 10.0. The molecule has 1 heterocycles. The van der Waals surface area contributed by atoms with Crippen LogP contribution in [0.5, 0.6) is 5.75 Å². The average molecular weight is 410 g/mol. The molecule has 3 rings (SSSR count). The summed E-state index contributed by atoms with van der Waals surface area (Å²) in [5, 5.41) is 11.2. The number of esters is 1. The van der Waals surface area contributed by atoms with E-state index in [0.29, 0.717) is 17.7 Å². The summed E-state index contributed by atoms with van der Waals surface area (Å²) in [5.41, 5.74) is 2.56. The van der Waals surface area contributed by atoms with E-state index in [2.05, 4.69) is 23.3 Å². The summed E-state index contributed by atoms with van der Waals surface area (Å²) >= 11 is 0. The molecule has 0 aliphatic rings. The van der Waals surface area contributed by atoms with Gasteiger partial charge in [0.15, 0.2) is 0 Å². The van der Waals surface area contributed by atoms with Gasteiger partial charge in [-0.3, -0.25) is 14.9 Å². The largest absolute Gasteiger partial charge is 0.427 e. The Balaban J connectivity index is 1.93. The lowest BCUT2D eigenvalue weighted by Crippen LogP contribution is -2.27. The first-order chi connectivity index (χ1) is 14.4. The molecule has 158 valence electrons. The molecule has 8 heteroatoms. The number of aromatic nitrogens is 2. The summed E-state index contributed by atoms with van der Waals surface area (Å²) < 4.78 is 7.22. The summed E-state index contributed by atoms with van der Waals surface area (Å²) in [6, 6.07) is 12.1. The molecule has 0 amide bonds. The third kappa shape index (κ3) is 5.01. The van der Waals surface area contributed by atoms with Crippen LogP contribution >= 0.6 is 0 Å². The van der Waals surface area contributed by atoms with Gasteiger partial charge in [-0.15, -0.1) is 0 Å². The van der Waals surface area contributed by atoms with E-state index < -0.39 is 4.92 Å². The summed E-state index contributed by atoms with van der Waals surface area (Å²) in [4.78, 5) is 28.9. The fraction of sp³-hybridized carbons (Fsp3) is 0.364. The highest BCUT2D eigenvalue weighted by Gasteiger charge is 2.16. The minimum Gasteiger partial charge on any atom is -0.427 e. The van der Waals surface area contributed by atoms with E-state index in [9.17, 15) is 14.9 Å². The second-order valence-corrected chi connectivity index (χ2v) is 7.05. The lowest BCUT2D eigenvalue weighted by molar-refractivity contribution is -0.384. The van der Waals surface area contributed by atoms with E-state index in [1.807, 2.05) is 12.1 Å². The number of carbonyl (C=O) groups is 1. The summed E-state index contributed by atoms with van der Waals surface area (Å²) in [7, 11) is 0. The number of non-ortho nitro benzene ring substituents is 1. The number of ether oxygens (including phenoxy) is 1. The van der Waals surface area contributed by atoms with E-state index in [4.69, 9.17) is 9.72 Å². The molecule has 1 aromatic heterocycles. The van der Waals surface area contributed by atoms with Gasteiger partial charge >= 0.3 is 5.97 Å². The minimum atomic E-state index is -0.401. The molecule has 0 aliphatic heterocycles. The number of fused-ring (bicyclic) bond motifs is 1. The van der Waals surface area contributed by atoms with E-state index in [0.717, 1.165) is 43.1 Å². The first kappa shape index (κ1) is 21.4. The van der Waals surface area contributed by atoms with Crippen molar-refractivity contribution in [2.24, 2.45) is 0 Å². The van der Waals surface area contributed by atoms with Crippen molar-refractivity contribution in [3.63, 3.8) is 0 Å². The maximum atomic E-state index is 11.2. The van der Waals surface area contributed by atoms with Gasteiger partial charge in [-0.2, -0.15) is 0 Å². The number of hydrogen-bond donors (Lipinski definition) is 0. The van der Waals surface area contributed by atoms with Crippen LogP contribution in [0.15, 0.2) is 42.5 Å². The van der Waals surface area contributed by atoms with E-state index in [1.54, 1.807) is 18.2 Å². The number of likely N-dealkylation sites (N-methyl/N-ethyl adjacent to an activating group) is 1. The number of nitrogens with zero attached hydrogens (tertiary/aromatic N) is 4. The third-order valence-corrected chi connectivity index (χ3v) is 5.10. The third-order valence-electron chi connectivity index (χ3n) is 5.10. The Kier molecular flexibility index (Phi) is 6.79. The van der Waals surface area contributed by atoms with E-state index in [-0.39, 0.29) is 11.7 Å². The number of rotatable bonds is 9. The highest BCUT2D eigenvalue weighted by Crippen LogP contribution is 2.24. The van der Waals surface area contributed by atoms with Crippen LogP contribution < -0.4 is 4.74 Å². The number of nitro benzene ring substituents is 1. The van der Waals surface area contributed by atoms with Gasteiger partial charge < -0.3 is 14.2 Å². The minimum absolute atomic E-state index is 0.0353. The van der Waals surface area contributed by atoms with Crippen LogP contribution in [0.3, 0.4) is 0 Å². The van der Waals surface area contributed by atoms with Crippen molar-refractivity contribution < 1.29 is 14.5 Å². The van der Waals surface area contributed by atoms with Crippen LogP contribution in [-0.2, 0) is 17.8 Å². The molecule has 0 N–H and O–H groups in total. The van der Waals surface area contributed by atoms with Crippen LogP contribution in [-0.4, -0.2) is 45.0 Å². The molecule has 0 radical (unpaired) electrons. The van der Waals surface area contributed by atoms with Crippen LogP contribution in [0, 0.1) is 10.1 Å². The zero-order valence-corrected chi connectivity index (χ0v) is 17.5. The van der Waals surface area contributed by atoms with Crippen molar-refractivity contribution in [1.82, 2.24) is 14.5 Å². The predicted molar refractivity (Wildman–Crippen MR) is 115 cm³/mol. The summed E-state index contributed by atoms with van der Waals surface area (Å²) in [6.45, 7) is 9.16. The van der Waals surface area contributed by atoms with E-state index >= 15 is 0 Å². The van der Waals surface area contributed by atoms with Crippen LogP contribution in [0.1, 0.15) is 32.2 Å². The molecule has 0 spiro atoms. The number of carbonyl (C=O) groups excluding carboxylic acids is 1. The van der Waals surface area contributed by atoms with Gasteiger partial charge in [-0.05, 0) is 36.9 Å². The highest BCUT2D eigenvalue weighted by molar-refractivity contribution is 5.79. The zero-order chi connectivity index (χ0) is 21.7. The van der Waals surface area contributed by atoms with Gasteiger partial charge in [-0.1, -0.05) is 26.0 Å². The number of nitro groups is 1. The van der Waals surface area contributed by atoms with Crippen molar-refractivity contribution in [2.75, 3.05) is 19.6 Å². The molecule has 3 aromatic rings. The summed E-state index contributed by atoms with van der Waals surface area (Å²) in [6.07, 6.45) is 0.571. The lowest BCUT2D eigenvalue weighted by Gasteiger charge is -2.19. The molecule has 2 aromatic carbocycles. The van der Waals surface area contributed by atoms with Gasteiger partial charge in [0.25, 0.3) is 5.69 Å². The van der Waals surface area contributed by atoms with Gasteiger partial charge in [0.2, 0.25) is 0 Å². The van der Waals surface area contributed by atoms with Crippen LogP contribution in [0.25, 0.3) is 11.0 Å². The molecule has 0 unspecified atom stereocenters. The Bertz CT molecular complexity index is 1040. The number of imidazole rings is 1. The molecular formula is C22H26N4O4. The molecule has 0 bridgehead atoms.